The van der Waals surface area contributed by atoms with E-state index in [1.165, 1.54) is 11.2 Å². The van der Waals surface area contributed by atoms with Crippen LogP contribution in [-0.4, -0.2) is 37.9 Å². The van der Waals surface area contributed by atoms with E-state index in [9.17, 15) is 14.7 Å². The van der Waals surface area contributed by atoms with E-state index >= 15 is 0 Å². The Kier molecular flexibility index (Phi) is 3.16. The van der Waals surface area contributed by atoms with Crippen LogP contribution >= 0.6 is 0 Å². The Morgan fingerprint density at radius 3 is 3.00 bits per heavy atom. The van der Waals surface area contributed by atoms with Crippen molar-refractivity contribution in [1.29, 1.82) is 0 Å². The van der Waals surface area contributed by atoms with Crippen LogP contribution in [0.5, 0.6) is 0 Å². The van der Waals surface area contributed by atoms with Crippen molar-refractivity contribution in [3.63, 3.8) is 0 Å². The number of aryl methyl sites for hydroxylation is 1. The van der Waals surface area contributed by atoms with Gasteiger partial charge in [0.25, 0.3) is 5.91 Å². The van der Waals surface area contributed by atoms with Crippen molar-refractivity contribution in [2.24, 2.45) is 0 Å². The highest BCUT2D eigenvalue weighted by atomic mass is 16.4. The topological polar surface area (TPSA) is 99.4 Å². The van der Waals surface area contributed by atoms with Gasteiger partial charge in [0.15, 0.2) is 0 Å². The normalized spacial score (nSPS) is 17.0. The molecule has 0 radical (unpaired) electrons. The van der Waals surface area contributed by atoms with Gasteiger partial charge >= 0.3 is 5.97 Å². The fraction of sp³-hybridized carbons (Fsp3) is 0.235. The Morgan fingerprint density at radius 2 is 2.21 bits per heavy atom. The Hall–Kier alpha value is -3.09. The third-order valence-electron chi connectivity index (χ3n) is 4.33. The van der Waals surface area contributed by atoms with Crippen LogP contribution in [0.4, 0.5) is 0 Å². The molecule has 7 nitrogen and oxygen atoms in total. The molecule has 24 heavy (non-hydrogen) atoms. The largest absolute Gasteiger partial charge is 0.480 e. The maximum atomic E-state index is 12.9. The zero-order valence-electron chi connectivity index (χ0n) is 12.9. The predicted molar refractivity (Wildman–Crippen MR) is 84.5 cm³/mol. The highest BCUT2D eigenvalue weighted by Crippen LogP contribution is 2.25. The first kappa shape index (κ1) is 14.5. The molecule has 0 saturated heterocycles. The summed E-state index contributed by atoms with van der Waals surface area (Å²) in [7, 11) is 0. The number of imidazole rings is 1. The lowest BCUT2D eigenvalue weighted by Crippen LogP contribution is -2.48. The van der Waals surface area contributed by atoms with Gasteiger partial charge in [-0.2, -0.15) is 0 Å². The lowest BCUT2D eigenvalue weighted by Gasteiger charge is -2.32. The molecule has 2 N–H and O–H groups in total. The number of H-pyrrole nitrogens is 1. The molecule has 1 aliphatic heterocycles. The second kappa shape index (κ2) is 5.23. The molecule has 122 valence electrons. The zero-order valence-corrected chi connectivity index (χ0v) is 12.9. The number of rotatable bonds is 2. The average molecular weight is 325 g/mol. The lowest BCUT2D eigenvalue weighted by molar-refractivity contribution is -0.142. The van der Waals surface area contributed by atoms with E-state index in [-0.39, 0.29) is 18.9 Å². The molecule has 3 aromatic rings. The van der Waals surface area contributed by atoms with Crippen molar-refractivity contribution in [2.45, 2.75) is 25.9 Å². The van der Waals surface area contributed by atoms with Gasteiger partial charge in [0.2, 0.25) is 0 Å². The maximum absolute atomic E-state index is 12.9. The van der Waals surface area contributed by atoms with Crippen molar-refractivity contribution in [2.75, 3.05) is 0 Å². The van der Waals surface area contributed by atoms with Crippen molar-refractivity contribution in [3.8, 4) is 0 Å². The van der Waals surface area contributed by atoms with Crippen LogP contribution in [0, 0.1) is 6.92 Å². The summed E-state index contributed by atoms with van der Waals surface area (Å²) in [5.74, 6) is -0.585. The summed E-state index contributed by atoms with van der Waals surface area (Å²) in [5, 5.41) is 10.3. The molecule has 1 amide bonds. The van der Waals surface area contributed by atoms with Crippen molar-refractivity contribution in [1.82, 2.24) is 14.9 Å². The summed E-state index contributed by atoms with van der Waals surface area (Å²) in [6, 6.07) is 6.06. The summed E-state index contributed by atoms with van der Waals surface area (Å²) < 4.78 is 5.51. The van der Waals surface area contributed by atoms with Crippen molar-refractivity contribution < 1.29 is 19.1 Å². The molecule has 4 rings (SSSR count). The number of carbonyl (C=O) groups excluding carboxylic acids is 1. The van der Waals surface area contributed by atoms with Crippen LogP contribution in [0.1, 0.15) is 27.5 Å². The Labute approximate surface area is 136 Å². The number of carboxylic acids is 1. The van der Waals surface area contributed by atoms with Crippen LogP contribution in [0.25, 0.3) is 11.0 Å². The number of aromatic amines is 1. The number of carboxylic acid groups (broad SMARTS) is 1. The van der Waals surface area contributed by atoms with Gasteiger partial charge in [0.05, 0.1) is 24.3 Å². The second-order valence-corrected chi connectivity index (χ2v) is 5.93. The first-order chi connectivity index (χ1) is 11.5. The summed E-state index contributed by atoms with van der Waals surface area (Å²) in [6.45, 7) is 2.04. The number of hydrogen-bond acceptors (Lipinski definition) is 4. The fourth-order valence-electron chi connectivity index (χ4n) is 3.14. The van der Waals surface area contributed by atoms with E-state index in [2.05, 4.69) is 9.97 Å². The Morgan fingerprint density at radius 1 is 1.38 bits per heavy atom. The van der Waals surface area contributed by atoms with E-state index < -0.39 is 12.0 Å². The number of nitrogens with zero attached hydrogens (tertiary/aromatic N) is 2. The molecule has 7 heteroatoms. The lowest BCUT2D eigenvalue weighted by atomic mass is 10.0. The van der Waals surface area contributed by atoms with E-state index in [1.807, 2.05) is 13.0 Å². The number of fused-ring (bicyclic) bond motifs is 2. The first-order valence-corrected chi connectivity index (χ1v) is 7.58. The number of nitrogens with one attached hydrogen (secondary N) is 1. The van der Waals surface area contributed by atoms with Crippen LogP contribution in [0.15, 0.2) is 35.0 Å². The molecule has 1 aromatic carbocycles. The third-order valence-corrected chi connectivity index (χ3v) is 4.33. The predicted octanol–water partition coefficient (Wildman–Crippen LogP) is 2.12. The molecular formula is C17H15N3O4. The number of hydrogen-bond donors (Lipinski definition) is 2. The minimum atomic E-state index is -1.03. The van der Waals surface area contributed by atoms with Crippen LogP contribution in [0.2, 0.25) is 0 Å². The fourth-order valence-corrected chi connectivity index (χ4v) is 3.14. The molecule has 0 bridgehead atoms. The monoisotopic (exact) mass is 325 g/mol. The molecule has 2 aromatic heterocycles. The third kappa shape index (κ3) is 2.25. The number of aromatic nitrogens is 2. The van der Waals surface area contributed by atoms with Gasteiger partial charge in [-0.15, -0.1) is 0 Å². The molecule has 0 fully saturated rings. The van der Waals surface area contributed by atoms with Gasteiger partial charge in [-0.3, -0.25) is 4.79 Å². The number of furan rings is 1. The number of benzene rings is 1. The van der Waals surface area contributed by atoms with Crippen LogP contribution < -0.4 is 0 Å². The van der Waals surface area contributed by atoms with Crippen LogP contribution in [0.3, 0.4) is 0 Å². The molecule has 0 spiro atoms. The summed E-state index contributed by atoms with van der Waals surface area (Å²) in [4.78, 5) is 33.0. The van der Waals surface area contributed by atoms with Gasteiger partial charge in [-0.1, -0.05) is 0 Å². The summed E-state index contributed by atoms with van der Waals surface area (Å²) in [5.41, 5.74) is 2.62. The van der Waals surface area contributed by atoms with Gasteiger partial charge in [-0.05, 0) is 31.2 Å². The molecule has 0 saturated carbocycles. The summed E-state index contributed by atoms with van der Waals surface area (Å²) in [6.07, 6.45) is 1.73. The minimum absolute atomic E-state index is 0.201. The van der Waals surface area contributed by atoms with E-state index in [1.54, 1.807) is 18.2 Å². The number of amides is 1. The minimum Gasteiger partial charge on any atom is -0.480 e. The van der Waals surface area contributed by atoms with Gasteiger partial charge < -0.3 is 19.4 Å². The molecule has 1 atom stereocenters. The number of aliphatic carboxylic acids is 1. The number of carbonyl (C=O) groups is 2. The Balaban J connectivity index is 1.71. The first-order valence-electron chi connectivity index (χ1n) is 7.58. The van der Waals surface area contributed by atoms with E-state index in [0.717, 1.165) is 16.8 Å². The quantitative estimate of drug-likeness (QED) is 0.752. The zero-order chi connectivity index (χ0) is 16.8. The SMILES string of the molecule is Cc1cc2cc(C(=O)N3Cc4[nH]cnc4C[C@H]3C(=O)O)ccc2o1. The second-order valence-electron chi connectivity index (χ2n) is 5.93. The molecule has 1 aliphatic rings. The van der Waals surface area contributed by atoms with E-state index in [4.69, 9.17) is 4.42 Å². The standard InChI is InChI=1S/C17H15N3O4/c1-9-4-11-5-10(2-3-15(11)24-9)16(21)20-7-13-12(18-8-19-13)6-14(20)17(22)23/h2-5,8,14H,6-7H2,1H3,(H,18,19)(H,22,23)/t14-/m0/s1. The van der Waals surface area contributed by atoms with Gasteiger partial charge in [0, 0.05) is 17.4 Å². The Bertz CT molecular complexity index is 956. The highest BCUT2D eigenvalue weighted by molar-refractivity contribution is 5.99. The van der Waals surface area contributed by atoms with Gasteiger partial charge in [0.1, 0.15) is 17.4 Å². The smallest absolute Gasteiger partial charge is 0.326 e. The van der Waals surface area contributed by atoms with Crippen molar-refractivity contribution in [3.05, 3.63) is 53.3 Å². The average Bonchev–Trinajstić information content (AvgIpc) is 3.16. The highest BCUT2D eigenvalue weighted by Gasteiger charge is 2.36. The summed E-state index contributed by atoms with van der Waals surface area (Å²) >= 11 is 0. The van der Waals surface area contributed by atoms with Crippen LogP contribution in [-0.2, 0) is 17.8 Å². The van der Waals surface area contributed by atoms with Crippen molar-refractivity contribution >= 4 is 22.8 Å². The molecule has 3 heterocycles. The molecule has 0 unspecified atom stereocenters. The van der Waals surface area contributed by atoms with Gasteiger partial charge in [-0.25, -0.2) is 9.78 Å². The maximum Gasteiger partial charge on any atom is 0.326 e. The molecule has 0 aliphatic carbocycles. The molecular weight excluding hydrogens is 310 g/mol. The van der Waals surface area contributed by atoms with E-state index in [0.29, 0.717) is 16.8 Å².